The highest BCUT2D eigenvalue weighted by Crippen LogP contribution is 2.20. The molecule has 2 N–H and O–H groups in total. The lowest BCUT2D eigenvalue weighted by atomic mass is 9.98. The van der Waals surface area contributed by atoms with Crippen LogP contribution in [0.5, 0.6) is 0 Å². The molecule has 0 aliphatic carbocycles. The first kappa shape index (κ1) is 14.8. The Morgan fingerprint density at radius 2 is 2.26 bits per heavy atom. The third-order valence-corrected chi connectivity index (χ3v) is 3.92. The normalized spacial score (nSPS) is 21.3. The van der Waals surface area contributed by atoms with Gasteiger partial charge < -0.3 is 10.5 Å². The molecular formula is C15H21ClFNO. The van der Waals surface area contributed by atoms with Crippen LogP contribution in [0.2, 0.25) is 5.02 Å². The van der Waals surface area contributed by atoms with Gasteiger partial charge in [0.2, 0.25) is 0 Å². The largest absolute Gasteiger partial charge is 0.378 e. The van der Waals surface area contributed by atoms with Crippen LogP contribution >= 0.6 is 11.6 Å². The maximum atomic E-state index is 13.3. The molecule has 0 radical (unpaired) electrons. The van der Waals surface area contributed by atoms with E-state index >= 15 is 0 Å². The second-order valence-corrected chi connectivity index (χ2v) is 5.69. The Bertz CT molecular complexity index is 407. The third-order valence-electron chi connectivity index (χ3n) is 3.62. The molecule has 2 atom stereocenters. The van der Waals surface area contributed by atoms with Crippen molar-refractivity contribution < 1.29 is 9.13 Å². The lowest BCUT2D eigenvalue weighted by molar-refractivity contribution is 0.00915. The van der Waals surface area contributed by atoms with Crippen molar-refractivity contribution in [2.45, 2.75) is 50.7 Å². The van der Waals surface area contributed by atoms with Gasteiger partial charge in [-0.3, -0.25) is 0 Å². The van der Waals surface area contributed by atoms with E-state index < -0.39 is 0 Å². The van der Waals surface area contributed by atoms with E-state index in [9.17, 15) is 4.39 Å². The first-order chi connectivity index (χ1) is 9.15. The number of ether oxygens (including phenoxy) is 1. The van der Waals surface area contributed by atoms with Crippen molar-refractivity contribution in [3.8, 4) is 0 Å². The van der Waals surface area contributed by atoms with E-state index in [1.54, 1.807) is 6.07 Å². The molecule has 19 heavy (non-hydrogen) atoms. The zero-order chi connectivity index (χ0) is 13.7. The smallest absolute Gasteiger partial charge is 0.142 e. The Morgan fingerprint density at radius 3 is 2.95 bits per heavy atom. The Morgan fingerprint density at radius 1 is 1.42 bits per heavy atom. The molecule has 1 aliphatic rings. The summed E-state index contributed by atoms with van der Waals surface area (Å²) in [6.07, 6.45) is 6.52. The third kappa shape index (κ3) is 4.75. The maximum absolute atomic E-state index is 13.3. The van der Waals surface area contributed by atoms with Gasteiger partial charge in [-0.25, -0.2) is 4.39 Å². The molecule has 0 saturated carbocycles. The highest BCUT2D eigenvalue weighted by molar-refractivity contribution is 6.30. The molecule has 1 fully saturated rings. The molecule has 1 aromatic rings. The fraction of sp³-hybridized carbons (Fsp3) is 0.600. The molecule has 1 heterocycles. The topological polar surface area (TPSA) is 35.2 Å². The van der Waals surface area contributed by atoms with E-state index in [1.807, 2.05) is 6.07 Å². The van der Waals surface area contributed by atoms with Gasteiger partial charge in [-0.05, 0) is 56.2 Å². The quantitative estimate of drug-likeness (QED) is 0.895. The summed E-state index contributed by atoms with van der Waals surface area (Å²) in [5.74, 6) is -0.373. The fourth-order valence-electron chi connectivity index (χ4n) is 2.51. The summed E-state index contributed by atoms with van der Waals surface area (Å²) in [6.45, 7) is 0.877. The monoisotopic (exact) mass is 285 g/mol. The number of benzene rings is 1. The summed E-state index contributed by atoms with van der Waals surface area (Å²) in [7, 11) is 0. The van der Waals surface area contributed by atoms with Gasteiger partial charge >= 0.3 is 0 Å². The first-order valence-corrected chi connectivity index (χ1v) is 7.34. The van der Waals surface area contributed by atoms with Crippen molar-refractivity contribution in [1.29, 1.82) is 0 Å². The van der Waals surface area contributed by atoms with E-state index in [0.29, 0.717) is 12.5 Å². The van der Waals surface area contributed by atoms with Crippen LogP contribution in [0, 0.1) is 5.82 Å². The van der Waals surface area contributed by atoms with Gasteiger partial charge in [0.1, 0.15) is 5.82 Å². The maximum Gasteiger partial charge on any atom is 0.142 e. The van der Waals surface area contributed by atoms with E-state index in [4.69, 9.17) is 22.1 Å². The van der Waals surface area contributed by atoms with Crippen molar-refractivity contribution in [3.63, 3.8) is 0 Å². The first-order valence-electron chi connectivity index (χ1n) is 6.96. The van der Waals surface area contributed by atoms with Gasteiger partial charge in [-0.15, -0.1) is 0 Å². The lowest BCUT2D eigenvalue weighted by Crippen LogP contribution is -2.27. The Hall–Kier alpha value is -0.640. The predicted octanol–water partition coefficient (Wildman–Crippen LogP) is 3.70. The molecule has 0 spiro atoms. The molecular weight excluding hydrogens is 265 g/mol. The standard InChI is InChI=1S/C15H21ClFNO/c16-14-7-4-11(10-15(14)17)9-12(18)5-6-13-3-1-2-8-19-13/h4,7,10,12-13H,1-3,5-6,8-9,18H2. The Balaban J connectivity index is 1.76. The van der Waals surface area contributed by atoms with Crippen molar-refractivity contribution in [2.75, 3.05) is 6.61 Å². The van der Waals surface area contributed by atoms with E-state index in [1.165, 1.54) is 18.9 Å². The van der Waals surface area contributed by atoms with Crippen LogP contribution in [-0.4, -0.2) is 18.8 Å². The molecule has 0 amide bonds. The number of halogens is 2. The predicted molar refractivity (Wildman–Crippen MR) is 75.9 cm³/mol. The molecule has 0 aromatic heterocycles. The van der Waals surface area contributed by atoms with Crippen LogP contribution in [0.4, 0.5) is 4.39 Å². The average Bonchev–Trinajstić information content (AvgIpc) is 2.42. The van der Waals surface area contributed by atoms with Crippen molar-refractivity contribution >= 4 is 11.6 Å². The van der Waals surface area contributed by atoms with E-state index in [-0.39, 0.29) is 16.9 Å². The zero-order valence-corrected chi connectivity index (χ0v) is 11.8. The summed E-state index contributed by atoms with van der Waals surface area (Å²) in [5.41, 5.74) is 7.00. The van der Waals surface area contributed by atoms with Gasteiger partial charge in [0.25, 0.3) is 0 Å². The van der Waals surface area contributed by atoms with Gasteiger partial charge in [-0.2, -0.15) is 0 Å². The van der Waals surface area contributed by atoms with Gasteiger partial charge in [-0.1, -0.05) is 17.7 Å². The van der Waals surface area contributed by atoms with Crippen LogP contribution in [0.3, 0.4) is 0 Å². The SMILES string of the molecule is NC(CCC1CCCCO1)Cc1ccc(Cl)c(F)c1. The molecule has 2 nitrogen and oxygen atoms in total. The average molecular weight is 286 g/mol. The number of hydrogen-bond donors (Lipinski definition) is 1. The summed E-state index contributed by atoms with van der Waals surface area (Å²) in [5, 5.41) is 0.160. The summed E-state index contributed by atoms with van der Waals surface area (Å²) < 4.78 is 19.0. The second-order valence-electron chi connectivity index (χ2n) is 5.28. The van der Waals surface area contributed by atoms with Gasteiger partial charge in [0, 0.05) is 12.6 Å². The number of rotatable bonds is 5. The lowest BCUT2D eigenvalue weighted by Gasteiger charge is -2.23. The van der Waals surface area contributed by atoms with Crippen LogP contribution in [-0.2, 0) is 11.2 Å². The Kier molecular flexibility index (Phi) is 5.61. The molecule has 2 rings (SSSR count). The van der Waals surface area contributed by atoms with Gasteiger partial charge in [0.05, 0.1) is 11.1 Å². The minimum atomic E-state index is -0.373. The molecule has 1 aromatic carbocycles. The van der Waals surface area contributed by atoms with Crippen LogP contribution in [0.25, 0.3) is 0 Å². The highest BCUT2D eigenvalue weighted by atomic mass is 35.5. The van der Waals surface area contributed by atoms with Crippen LogP contribution < -0.4 is 5.73 Å². The van der Waals surface area contributed by atoms with Crippen LogP contribution in [0.15, 0.2) is 18.2 Å². The Labute approximate surface area is 119 Å². The molecule has 2 unspecified atom stereocenters. The summed E-state index contributed by atoms with van der Waals surface area (Å²) in [6, 6.07) is 4.94. The van der Waals surface area contributed by atoms with Crippen molar-refractivity contribution in [1.82, 2.24) is 0 Å². The zero-order valence-electron chi connectivity index (χ0n) is 11.1. The number of nitrogens with two attached hydrogens (primary N) is 1. The molecule has 0 bridgehead atoms. The van der Waals surface area contributed by atoms with Crippen LogP contribution in [0.1, 0.15) is 37.7 Å². The molecule has 1 saturated heterocycles. The van der Waals surface area contributed by atoms with Gasteiger partial charge in [0.15, 0.2) is 0 Å². The minimum absolute atomic E-state index is 0.0473. The van der Waals surface area contributed by atoms with Crippen molar-refractivity contribution in [3.05, 3.63) is 34.6 Å². The van der Waals surface area contributed by atoms with E-state index in [2.05, 4.69) is 0 Å². The minimum Gasteiger partial charge on any atom is -0.378 e. The van der Waals surface area contributed by atoms with Crippen molar-refractivity contribution in [2.24, 2.45) is 5.73 Å². The second kappa shape index (κ2) is 7.22. The summed E-state index contributed by atoms with van der Waals surface area (Å²) in [4.78, 5) is 0. The van der Waals surface area contributed by atoms with E-state index in [0.717, 1.165) is 31.4 Å². The molecule has 106 valence electrons. The fourth-order valence-corrected chi connectivity index (χ4v) is 2.62. The molecule has 1 aliphatic heterocycles. The highest BCUT2D eigenvalue weighted by Gasteiger charge is 2.15. The number of hydrogen-bond acceptors (Lipinski definition) is 2. The summed E-state index contributed by atoms with van der Waals surface area (Å²) >= 11 is 5.66. The molecule has 4 heteroatoms.